The van der Waals surface area contributed by atoms with Crippen LogP contribution in [0.4, 0.5) is 0 Å². The number of benzene rings is 1. The van der Waals surface area contributed by atoms with Gasteiger partial charge in [0.25, 0.3) is 5.91 Å². The van der Waals surface area contributed by atoms with Gasteiger partial charge in [0.2, 0.25) is 0 Å². The molecule has 0 radical (unpaired) electrons. The largest absolute Gasteiger partial charge is 0.361 e. The lowest BCUT2D eigenvalue weighted by Crippen LogP contribution is -2.41. The Labute approximate surface area is 139 Å². The van der Waals surface area contributed by atoms with Crippen molar-refractivity contribution in [1.29, 1.82) is 0 Å². The number of hydrogen-bond acceptors (Lipinski definition) is 4. The highest BCUT2D eigenvalue weighted by Gasteiger charge is 2.34. The molecule has 6 nitrogen and oxygen atoms in total. The minimum absolute atomic E-state index is 0.0471. The Balaban J connectivity index is 1.77. The minimum Gasteiger partial charge on any atom is -0.361 e. The summed E-state index contributed by atoms with van der Waals surface area (Å²) in [5.74, 6) is 1.38. The number of aromatic nitrogens is 3. The Bertz CT molecular complexity index is 862. The smallest absolute Gasteiger partial charge is 0.260 e. The number of rotatable bonds is 2. The molecule has 1 aliphatic heterocycles. The molecule has 2 aromatic heterocycles. The van der Waals surface area contributed by atoms with Crippen LogP contribution in [0.2, 0.25) is 0 Å². The third-order valence-corrected chi connectivity index (χ3v) is 4.55. The lowest BCUT2D eigenvalue weighted by molar-refractivity contribution is 0.0582. The van der Waals surface area contributed by atoms with Crippen LogP contribution < -0.4 is 0 Å². The van der Waals surface area contributed by atoms with E-state index in [0.29, 0.717) is 30.1 Å². The fraction of sp³-hybridized carbons (Fsp3) is 0.278. The Hall–Kier alpha value is -2.89. The van der Waals surface area contributed by atoms with Crippen LogP contribution in [0.3, 0.4) is 0 Å². The molecule has 122 valence electrons. The molecular formula is C18H18N4O2. The quantitative estimate of drug-likeness (QED) is 0.728. The van der Waals surface area contributed by atoms with E-state index in [0.717, 1.165) is 11.4 Å². The summed E-state index contributed by atoms with van der Waals surface area (Å²) in [6, 6.07) is 10.0. The van der Waals surface area contributed by atoms with Gasteiger partial charge in [-0.3, -0.25) is 4.79 Å². The standard InChI is InChI=1S/C18H18N4O2/c1-12-17(13(2)24-20-12)18(23)22-11-16-19-8-9-21(16)10-15(22)14-6-4-3-5-7-14/h3-9,15H,10-11H2,1-2H3/t15-/m0/s1. The first-order valence-corrected chi connectivity index (χ1v) is 7.94. The van der Waals surface area contributed by atoms with Crippen LogP contribution in [0, 0.1) is 13.8 Å². The number of amides is 1. The first-order chi connectivity index (χ1) is 11.6. The summed E-state index contributed by atoms with van der Waals surface area (Å²) in [6.07, 6.45) is 3.74. The van der Waals surface area contributed by atoms with Gasteiger partial charge in [-0.2, -0.15) is 0 Å². The number of carbonyl (C=O) groups is 1. The maximum atomic E-state index is 13.2. The Morgan fingerprint density at radius 2 is 2.04 bits per heavy atom. The second kappa shape index (κ2) is 5.63. The molecule has 0 aliphatic carbocycles. The Morgan fingerprint density at radius 3 is 2.75 bits per heavy atom. The molecule has 1 aromatic carbocycles. The van der Waals surface area contributed by atoms with Crippen molar-refractivity contribution in [2.75, 3.05) is 0 Å². The van der Waals surface area contributed by atoms with Crippen LogP contribution in [0.5, 0.6) is 0 Å². The number of fused-ring (bicyclic) bond motifs is 1. The van der Waals surface area contributed by atoms with Crippen molar-refractivity contribution in [1.82, 2.24) is 19.6 Å². The van der Waals surface area contributed by atoms with Gasteiger partial charge < -0.3 is 14.0 Å². The summed E-state index contributed by atoms with van der Waals surface area (Å²) in [5, 5.41) is 3.92. The molecule has 6 heteroatoms. The molecule has 1 amide bonds. The third-order valence-electron chi connectivity index (χ3n) is 4.55. The highest BCUT2D eigenvalue weighted by atomic mass is 16.5. The molecule has 1 aliphatic rings. The SMILES string of the molecule is Cc1noc(C)c1C(=O)N1Cc2nccn2C[C@H]1c1ccccc1. The topological polar surface area (TPSA) is 64.2 Å². The van der Waals surface area contributed by atoms with Gasteiger partial charge in [-0.25, -0.2) is 4.98 Å². The monoisotopic (exact) mass is 322 g/mol. The van der Waals surface area contributed by atoms with E-state index < -0.39 is 0 Å². The van der Waals surface area contributed by atoms with Crippen molar-refractivity contribution in [2.45, 2.75) is 33.0 Å². The number of nitrogens with zero attached hydrogens (tertiary/aromatic N) is 4. The molecule has 0 saturated heterocycles. The maximum absolute atomic E-state index is 13.2. The fourth-order valence-electron chi connectivity index (χ4n) is 3.31. The van der Waals surface area contributed by atoms with E-state index in [4.69, 9.17) is 4.52 Å². The van der Waals surface area contributed by atoms with E-state index in [9.17, 15) is 4.79 Å². The normalized spacial score (nSPS) is 16.9. The second-order valence-electron chi connectivity index (χ2n) is 6.05. The first-order valence-electron chi connectivity index (χ1n) is 7.94. The van der Waals surface area contributed by atoms with Crippen LogP contribution in [0.15, 0.2) is 47.2 Å². The van der Waals surface area contributed by atoms with Crippen LogP contribution in [-0.4, -0.2) is 25.5 Å². The third kappa shape index (κ3) is 2.31. The summed E-state index contributed by atoms with van der Waals surface area (Å²) < 4.78 is 7.29. The van der Waals surface area contributed by atoms with Crippen molar-refractivity contribution >= 4 is 5.91 Å². The molecule has 0 unspecified atom stereocenters. The van der Waals surface area contributed by atoms with Gasteiger partial charge in [0.05, 0.1) is 18.3 Å². The average Bonchev–Trinajstić information content (AvgIpc) is 3.19. The number of carbonyl (C=O) groups excluding carboxylic acids is 1. The zero-order valence-corrected chi connectivity index (χ0v) is 13.6. The average molecular weight is 322 g/mol. The van der Waals surface area contributed by atoms with Crippen molar-refractivity contribution in [3.05, 3.63) is 71.1 Å². The van der Waals surface area contributed by atoms with E-state index in [1.54, 1.807) is 20.0 Å². The molecule has 0 saturated carbocycles. The molecule has 0 spiro atoms. The zero-order valence-electron chi connectivity index (χ0n) is 13.6. The summed E-state index contributed by atoms with van der Waals surface area (Å²) >= 11 is 0. The van der Waals surface area contributed by atoms with Gasteiger partial charge in [-0.05, 0) is 19.4 Å². The lowest BCUT2D eigenvalue weighted by Gasteiger charge is -2.36. The van der Waals surface area contributed by atoms with Gasteiger partial charge in [0, 0.05) is 18.9 Å². The fourth-order valence-corrected chi connectivity index (χ4v) is 3.31. The predicted molar refractivity (Wildman–Crippen MR) is 87.3 cm³/mol. The van der Waals surface area contributed by atoms with E-state index in [1.807, 2.05) is 29.3 Å². The van der Waals surface area contributed by atoms with Crippen LogP contribution in [0.25, 0.3) is 0 Å². The zero-order chi connectivity index (χ0) is 16.7. The molecule has 0 fully saturated rings. The Kier molecular flexibility index (Phi) is 3.45. The second-order valence-corrected chi connectivity index (χ2v) is 6.05. The predicted octanol–water partition coefficient (Wildman–Crippen LogP) is 2.89. The highest BCUT2D eigenvalue weighted by Crippen LogP contribution is 2.31. The van der Waals surface area contributed by atoms with E-state index >= 15 is 0 Å². The number of hydrogen-bond donors (Lipinski definition) is 0. The molecule has 3 heterocycles. The van der Waals surface area contributed by atoms with Crippen LogP contribution in [-0.2, 0) is 13.1 Å². The van der Waals surface area contributed by atoms with Crippen molar-refractivity contribution in [3.63, 3.8) is 0 Å². The molecular weight excluding hydrogens is 304 g/mol. The van der Waals surface area contributed by atoms with Gasteiger partial charge in [0.1, 0.15) is 17.1 Å². The molecule has 0 N–H and O–H groups in total. The number of imidazole rings is 1. The maximum Gasteiger partial charge on any atom is 0.260 e. The molecule has 0 bridgehead atoms. The molecule has 1 atom stereocenters. The minimum atomic E-state index is -0.0608. The van der Waals surface area contributed by atoms with Gasteiger partial charge in [-0.1, -0.05) is 35.5 Å². The van der Waals surface area contributed by atoms with Crippen molar-refractivity contribution in [3.8, 4) is 0 Å². The van der Waals surface area contributed by atoms with Crippen LogP contribution in [0.1, 0.15) is 39.2 Å². The number of aryl methyl sites for hydroxylation is 2. The molecule has 24 heavy (non-hydrogen) atoms. The van der Waals surface area contributed by atoms with Crippen molar-refractivity contribution < 1.29 is 9.32 Å². The summed E-state index contributed by atoms with van der Waals surface area (Å²) in [4.78, 5) is 19.4. The van der Waals surface area contributed by atoms with Gasteiger partial charge in [0.15, 0.2) is 0 Å². The van der Waals surface area contributed by atoms with Crippen LogP contribution >= 0.6 is 0 Å². The van der Waals surface area contributed by atoms with E-state index in [-0.39, 0.29) is 11.9 Å². The molecule has 4 rings (SSSR count). The van der Waals surface area contributed by atoms with Gasteiger partial charge >= 0.3 is 0 Å². The van der Waals surface area contributed by atoms with Gasteiger partial charge in [-0.15, -0.1) is 0 Å². The van der Waals surface area contributed by atoms with E-state index in [1.165, 1.54) is 0 Å². The Morgan fingerprint density at radius 1 is 1.25 bits per heavy atom. The summed E-state index contributed by atoms with van der Waals surface area (Å²) in [5.41, 5.74) is 2.28. The van der Waals surface area contributed by atoms with Crippen molar-refractivity contribution in [2.24, 2.45) is 0 Å². The first kappa shape index (κ1) is 14.7. The highest BCUT2D eigenvalue weighted by molar-refractivity contribution is 5.96. The molecule has 3 aromatic rings. The lowest BCUT2D eigenvalue weighted by atomic mass is 10.0. The summed E-state index contributed by atoms with van der Waals surface area (Å²) in [6.45, 7) is 4.73. The van der Waals surface area contributed by atoms with E-state index in [2.05, 4.69) is 26.8 Å². The summed E-state index contributed by atoms with van der Waals surface area (Å²) in [7, 11) is 0.